The minimum Gasteiger partial charge on any atom is -0.364 e. The summed E-state index contributed by atoms with van der Waals surface area (Å²) in [5.74, 6) is 0.440. The van der Waals surface area contributed by atoms with Crippen LogP contribution < -0.4 is 5.73 Å². The maximum absolute atomic E-state index is 11.3. The molecule has 0 fully saturated rings. The number of amides is 1. The van der Waals surface area contributed by atoms with Gasteiger partial charge in [0.2, 0.25) is 0 Å². The van der Waals surface area contributed by atoms with Crippen molar-refractivity contribution in [1.82, 2.24) is 15.4 Å². The van der Waals surface area contributed by atoms with Gasteiger partial charge >= 0.3 is 0 Å². The van der Waals surface area contributed by atoms with Crippen LogP contribution in [0.1, 0.15) is 23.8 Å². The number of hydrogen-bond donors (Lipinski definition) is 2. The predicted octanol–water partition coefficient (Wildman–Crippen LogP) is 2.07. The lowest BCUT2D eigenvalue weighted by atomic mass is 10.1. The highest BCUT2D eigenvalue weighted by Gasteiger charge is 2.17. The van der Waals surface area contributed by atoms with E-state index < -0.39 is 5.91 Å². The first-order valence-corrected chi connectivity index (χ1v) is 6.65. The third-order valence-corrected chi connectivity index (χ3v) is 3.66. The van der Waals surface area contributed by atoms with Crippen molar-refractivity contribution in [3.05, 3.63) is 30.0 Å². The number of carbonyl (C=O) groups excluding carboxylic acids is 1. The summed E-state index contributed by atoms with van der Waals surface area (Å²) in [4.78, 5) is 12.4. The number of H-pyrrole nitrogens is 1. The molecule has 3 N–H and O–H groups in total. The van der Waals surface area contributed by atoms with Crippen molar-refractivity contribution in [2.24, 2.45) is 5.73 Å². The maximum Gasteiger partial charge on any atom is 0.271 e. The Balaban J connectivity index is 2.43. The Morgan fingerprint density at radius 3 is 2.89 bits per heavy atom. The Morgan fingerprint density at radius 2 is 2.17 bits per heavy atom. The third-order valence-electron chi connectivity index (χ3n) is 2.39. The molecule has 94 valence electrons. The molecule has 0 spiro atoms. The van der Waals surface area contributed by atoms with Crippen molar-refractivity contribution in [3.8, 4) is 11.3 Å². The zero-order valence-electron chi connectivity index (χ0n) is 10.0. The van der Waals surface area contributed by atoms with Crippen LogP contribution in [0.3, 0.4) is 0 Å². The van der Waals surface area contributed by atoms with Crippen LogP contribution in [0, 0.1) is 0 Å². The van der Waals surface area contributed by atoms with Gasteiger partial charge in [0.25, 0.3) is 5.91 Å². The lowest BCUT2D eigenvalue weighted by molar-refractivity contribution is 0.0996. The molecule has 2 aromatic rings. The second-order valence-corrected chi connectivity index (χ2v) is 4.87. The average Bonchev–Trinajstić information content (AvgIpc) is 2.86. The fourth-order valence-corrected chi connectivity index (χ4v) is 2.51. The molecule has 1 heterocycles. The van der Waals surface area contributed by atoms with Gasteiger partial charge < -0.3 is 5.73 Å². The van der Waals surface area contributed by atoms with E-state index in [0.29, 0.717) is 5.69 Å². The van der Waals surface area contributed by atoms with Crippen LogP contribution in [0.4, 0.5) is 0 Å². The van der Waals surface area contributed by atoms with Crippen LogP contribution in [-0.2, 0) is 0 Å². The number of aromatic amines is 1. The normalized spacial score (nSPS) is 10.5. The third kappa shape index (κ3) is 2.53. The molecular formula is C12H14N4OS. The van der Waals surface area contributed by atoms with E-state index in [1.165, 1.54) is 0 Å². The number of nitrogens with two attached hydrogens (primary N) is 1. The molecule has 6 heteroatoms. The molecule has 1 aromatic heterocycles. The van der Waals surface area contributed by atoms with E-state index in [-0.39, 0.29) is 5.69 Å². The molecule has 1 aromatic carbocycles. The molecule has 0 unspecified atom stereocenters. The monoisotopic (exact) mass is 262 g/mol. The van der Waals surface area contributed by atoms with Crippen molar-refractivity contribution in [2.45, 2.75) is 18.2 Å². The highest BCUT2D eigenvalue weighted by molar-refractivity contribution is 7.99. The van der Waals surface area contributed by atoms with Gasteiger partial charge in [0.1, 0.15) is 5.69 Å². The van der Waals surface area contributed by atoms with Gasteiger partial charge in [-0.15, -0.1) is 11.8 Å². The molecule has 2 rings (SSSR count). The minimum absolute atomic E-state index is 0.180. The van der Waals surface area contributed by atoms with Crippen LogP contribution in [-0.4, -0.2) is 27.1 Å². The van der Waals surface area contributed by atoms with Gasteiger partial charge in [0.05, 0.1) is 0 Å². The van der Waals surface area contributed by atoms with Crippen LogP contribution >= 0.6 is 11.8 Å². The Labute approximate surface area is 109 Å². The summed E-state index contributed by atoms with van der Waals surface area (Å²) in [5, 5.41) is 10.3. The van der Waals surface area contributed by atoms with E-state index in [1.807, 2.05) is 24.3 Å². The Morgan fingerprint density at radius 1 is 1.39 bits per heavy atom. The maximum atomic E-state index is 11.3. The largest absolute Gasteiger partial charge is 0.364 e. The number of aromatic nitrogens is 3. The van der Waals surface area contributed by atoms with Gasteiger partial charge in [-0.1, -0.05) is 25.1 Å². The first-order valence-electron chi connectivity index (χ1n) is 5.66. The number of nitrogens with one attached hydrogen (secondary N) is 1. The SMILES string of the molecule is CCCSc1ccccc1-c1n[nH]nc1C(N)=O. The molecule has 0 bridgehead atoms. The lowest BCUT2D eigenvalue weighted by Gasteiger charge is -2.06. The minimum atomic E-state index is -0.575. The number of nitrogens with zero attached hydrogens (tertiary/aromatic N) is 2. The zero-order valence-corrected chi connectivity index (χ0v) is 10.8. The summed E-state index contributed by atoms with van der Waals surface area (Å²) in [6, 6.07) is 7.80. The number of hydrogen-bond acceptors (Lipinski definition) is 4. The van der Waals surface area contributed by atoms with Crippen LogP contribution in [0.2, 0.25) is 0 Å². The second kappa shape index (κ2) is 5.68. The van der Waals surface area contributed by atoms with Crippen molar-refractivity contribution < 1.29 is 4.79 Å². The van der Waals surface area contributed by atoms with E-state index in [0.717, 1.165) is 22.6 Å². The van der Waals surface area contributed by atoms with Crippen LogP contribution in [0.15, 0.2) is 29.2 Å². The molecule has 0 radical (unpaired) electrons. The first-order chi connectivity index (χ1) is 8.74. The molecule has 0 aliphatic rings. The average molecular weight is 262 g/mol. The van der Waals surface area contributed by atoms with E-state index in [1.54, 1.807) is 11.8 Å². The van der Waals surface area contributed by atoms with E-state index >= 15 is 0 Å². The number of carbonyl (C=O) groups is 1. The van der Waals surface area contributed by atoms with Gasteiger partial charge in [0, 0.05) is 10.5 Å². The molecule has 18 heavy (non-hydrogen) atoms. The summed E-state index contributed by atoms with van der Waals surface area (Å²) < 4.78 is 0. The molecule has 0 saturated heterocycles. The predicted molar refractivity (Wildman–Crippen MR) is 71.4 cm³/mol. The van der Waals surface area contributed by atoms with Crippen LogP contribution in [0.5, 0.6) is 0 Å². The van der Waals surface area contributed by atoms with Crippen molar-refractivity contribution >= 4 is 17.7 Å². The molecule has 5 nitrogen and oxygen atoms in total. The van der Waals surface area contributed by atoms with Gasteiger partial charge in [-0.3, -0.25) is 4.79 Å². The summed E-state index contributed by atoms with van der Waals surface area (Å²) >= 11 is 1.73. The summed E-state index contributed by atoms with van der Waals surface area (Å²) in [7, 11) is 0. The highest BCUT2D eigenvalue weighted by Crippen LogP contribution is 2.31. The summed E-state index contributed by atoms with van der Waals surface area (Å²) in [6.45, 7) is 2.13. The molecule has 0 aliphatic carbocycles. The Bertz CT molecular complexity index is 553. The standard InChI is InChI=1S/C12H14N4OS/c1-2-7-18-9-6-4-3-5-8(9)10-11(12(13)17)15-16-14-10/h3-6H,2,7H2,1H3,(H2,13,17)(H,14,15,16). The van der Waals surface area contributed by atoms with E-state index in [2.05, 4.69) is 22.3 Å². The van der Waals surface area contributed by atoms with Crippen molar-refractivity contribution in [2.75, 3.05) is 5.75 Å². The smallest absolute Gasteiger partial charge is 0.271 e. The van der Waals surface area contributed by atoms with Crippen LogP contribution in [0.25, 0.3) is 11.3 Å². The lowest BCUT2D eigenvalue weighted by Crippen LogP contribution is -2.12. The van der Waals surface area contributed by atoms with Gasteiger partial charge in [-0.2, -0.15) is 15.4 Å². The number of benzene rings is 1. The van der Waals surface area contributed by atoms with Crippen molar-refractivity contribution in [3.63, 3.8) is 0 Å². The number of primary amides is 1. The van der Waals surface area contributed by atoms with E-state index in [4.69, 9.17) is 5.73 Å². The second-order valence-electron chi connectivity index (χ2n) is 3.73. The fourth-order valence-electron chi connectivity index (χ4n) is 1.59. The molecular weight excluding hydrogens is 248 g/mol. The van der Waals surface area contributed by atoms with Gasteiger partial charge in [0.15, 0.2) is 5.69 Å². The first kappa shape index (κ1) is 12.6. The van der Waals surface area contributed by atoms with Gasteiger partial charge in [-0.05, 0) is 18.2 Å². The number of rotatable bonds is 5. The topological polar surface area (TPSA) is 84.7 Å². The fraction of sp³-hybridized carbons (Fsp3) is 0.250. The van der Waals surface area contributed by atoms with E-state index in [9.17, 15) is 4.79 Å². The molecule has 0 aliphatic heterocycles. The number of thioether (sulfide) groups is 1. The zero-order chi connectivity index (χ0) is 13.0. The quantitative estimate of drug-likeness (QED) is 0.808. The Hall–Kier alpha value is -1.82. The molecule has 0 atom stereocenters. The highest BCUT2D eigenvalue weighted by atomic mass is 32.2. The molecule has 1 amide bonds. The molecule has 0 saturated carbocycles. The summed E-state index contributed by atoms with van der Waals surface area (Å²) in [6.07, 6.45) is 1.08. The van der Waals surface area contributed by atoms with Crippen molar-refractivity contribution in [1.29, 1.82) is 0 Å². The van der Waals surface area contributed by atoms with Gasteiger partial charge in [-0.25, -0.2) is 0 Å². The summed E-state index contributed by atoms with van der Waals surface area (Å²) in [5.41, 5.74) is 6.86. The Kier molecular flexibility index (Phi) is 3.99.